The van der Waals surface area contributed by atoms with Crippen LogP contribution in [-0.4, -0.2) is 37.9 Å². The van der Waals surface area contributed by atoms with Crippen LogP contribution in [0.1, 0.15) is 50.5 Å². The number of halogens is 2. The smallest absolute Gasteiger partial charge is 0.241 e. The van der Waals surface area contributed by atoms with Gasteiger partial charge in [-0.1, -0.05) is 66.4 Å². The van der Waals surface area contributed by atoms with Crippen LogP contribution in [0.15, 0.2) is 47.4 Å². The predicted molar refractivity (Wildman–Crippen MR) is 136 cm³/mol. The van der Waals surface area contributed by atoms with Crippen molar-refractivity contribution in [1.29, 1.82) is 0 Å². The van der Waals surface area contributed by atoms with E-state index >= 15 is 0 Å². The number of fused-ring (bicyclic) bond motifs is 1. The zero-order chi connectivity index (χ0) is 24.3. The number of carbonyl (C=O) groups is 1. The molecule has 3 atom stereocenters. The maximum absolute atomic E-state index is 13.8. The number of amides is 1. The molecule has 2 fully saturated rings. The monoisotopic (exact) mass is 523 g/mol. The number of nitrogen functional groups attached to an aromatic ring is 1. The van der Waals surface area contributed by atoms with Gasteiger partial charge in [-0.3, -0.25) is 4.79 Å². The summed E-state index contributed by atoms with van der Waals surface area (Å²) in [5.41, 5.74) is 6.94. The maximum Gasteiger partial charge on any atom is 0.241 e. The van der Waals surface area contributed by atoms with Crippen LogP contribution in [0.5, 0.6) is 0 Å². The molecular weight excluding hydrogens is 493 g/mol. The number of sulfonamides is 1. The zero-order valence-corrected chi connectivity index (χ0v) is 21.4. The fraction of sp³-hybridized carbons (Fsp3) is 0.480. The van der Waals surface area contributed by atoms with Gasteiger partial charge in [-0.05, 0) is 62.1 Å². The molecule has 2 aromatic rings. The molecule has 34 heavy (non-hydrogen) atoms. The Morgan fingerprint density at radius 2 is 1.71 bits per heavy atom. The number of rotatable bonds is 7. The van der Waals surface area contributed by atoms with Gasteiger partial charge in [0.05, 0.1) is 20.6 Å². The Labute approximate surface area is 211 Å². The minimum Gasteiger partial charge on any atom is -0.396 e. The van der Waals surface area contributed by atoms with Crippen molar-refractivity contribution >= 4 is 44.8 Å². The molecule has 0 radical (unpaired) electrons. The number of nitrogens with two attached hydrogens (primary N) is 1. The summed E-state index contributed by atoms with van der Waals surface area (Å²) in [6.45, 7) is 0.670. The van der Waals surface area contributed by atoms with E-state index in [2.05, 4.69) is 4.72 Å². The SMILES string of the molecule is Nc1c(Cl)cc(S(=O)(=O)N[C@H](CCc2ccccc2)C(=O)N2CCC[C@H]3CCCC[C@@H]32)cc1Cl. The second kappa shape index (κ2) is 10.9. The normalized spacial score (nSPS) is 21.6. The summed E-state index contributed by atoms with van der Waals surface area (Å²) in [5.74, 6) is 0.358. The quantitative estimate of drug-likeness (QED) is 0.497. The molecule has 1 saturated carbocycles. The zero-order valence-electron chi connectivity index (χ0n) is 19.1. The van der Waals surface area contributed by atoms with Gasteiger partial charge in [0.15, 0.2) is 0 Å². The highest BCUT2D eigenvalue weighted by Crippen LogP contribution is 2.36. The third-order valence-corrected chi connectivity index (χ3v) is 9.13. The van der Waals surface area contributed by atoms with Crippen molar-refractivity contribution in [3.05, 3.63) is 58.1 Å². The van der Waals surface area contributed by atoms with E-state index in [9.17, 15) is 13.2 Å². The van der Waals surface area contributed by atoms with Crippen LogP contribution in [0.4, 0.5) is 5.69 Å². The molecule has 0 aromatic heterocycles. The highest BCUT2D eigenvalue weighted by atomic mass is 35.5. The predicted octanol–water partition coefficient (Wildman–Crippen LogP) is 5.04. The number of piperidine rings is 1. The Morgan fingerprint density at radius 1 is 1.06 bits per heavy atom. The molecule has 0 bridgehead atoms. The maximum atomic E-state index is 13.8. The first-order chi connectivity index (χ1) is 16.3. The molecule has 1 amide bonds. The standard InChI is InChI=1S/C25H31Cl2N3O3S/c26-20-15-19(16-21(27)24(20)28)34(32,33)29-22(13-12-17-7-2-1-3-8-17)25(31)30-14-6-10-18-9-4-5-11-23(18)30/h1-3,7-8,15-16,18,22-23,29H,4-6,9-14,28H2/t18-,22-,23+/m1/s1. The molecule has 2 aromatic carbocycles. The third kappa shape index (κ3) is 5.70. The van der Waals surface area contributed by atoms with Gasteiger partial charge in [0.25, 0.3) is 0 Å². The molecule has 2 aliphatic rings. The Kier molecular flexibility index (Phi) is 8.08. The summed E-state index contributed by atoms with van der Waals surface area (Å²) in [4.78, 5) is 15.6. The van der Waals surface area contributed by atoms with E-state index in [1.54, 1.807) is 0 Å². The van der Waals surface area contributed by atoms with Crippen LogP contribution in [0.25, 0.3) is 0 Å². The first kappa shape index (κ1) is 25.3. The minimum atomic E-state index is -4.06. The lowest BCUT2D eigenvalue weighted by Crippen LogP contribution is -2.56. The molecule has 184 valence electrons. The van der Waals surface area contributed by atoms with Crippen molar-refractivity contribution in [1.82, 2.24) is 9.62 Å². The number of nitrogens with zero attached hydrogens (tertiary/aromatic N) is 1. The van der Waals surface area contributed by atoms with Gasteiger partial charge in [-0.15, -0.1) is 0 Å². The van der Waals surface area contributed by atoms with Gasteiger partial charge in [0, 0.05) is 12.6 Å². The number of anilines is 1. The van der Waals surface area contributed by atoms with Gasteiger partial charge in [-0.2, -0.15) is 4.72 Å². The van der Waals surface area contributed by atoms with Crippen LogP contribution in [-0.2, 0) is 21.2 Å². The molecular formula is C25H31Cl2N3O3S. The summed E-state index contributed by atoms with van der Waals surface area (Å²) in [5, 5.41) is 0.113. The molecule has 0 unspecified atom stereocenters. The van der Waals surface area contributed by atoms with Gasteiger partial charge in [0.2, 0.25) is 15.9 Å². The van der Waals surface area contributed by atoms with E-state index in [0.717, 1.165) is 37.7 Å². The minimum absolute atomic E-state index is 0.0566. The Bertz CT molecular complexity index is 1100. The largest absolute Gasteiger partial charge is 0.396 e. The lowest BCUT2D eigenvalue weighted by molar-refractivity contribution is -0.139. The fourth-order valence-electron chi connectivity index (χ4n) is 5.26. The molecule has 4 rings (SSSR count). The van der Waals surface area contributed by atoms with Crippen molar-refractivity contribution in [2.45, 2.75) is 68.3 Å². The fourth-order valence-corrected chi connectivity index (χ4v) is 7.15. The number of hydrogen-bond donors (Lipinski definition) is 2. The highest BCUT2D eigenvalue weighted by molar-refractivity contribution is 7.89. The lowest BCUT2D eigenvalue weighted by atomic mass is 9.78. The molecule has 1 aliphatic carbocycles. The topological polar surface area (TPSA) is 92.5 Å². The summed E-state index contributed by atoms with van der Waals surface area (Å²) in [7, 11) is -4.06. The van der Waals surface area contributed by atoms with Crippen LogP contribution in [0, 0.1) is 5.92 Å². The molecule has 1 aliphatic heterocycles. The number of benzene rings is 2. The van der Waals surface area contributed by atoms with Crippen LogP contribution in [0.2, 0.25) is 10.0 Å². The van der Waals surface area contributed by atoms with Crippen molar-refractivity contribution in [3.8, 4) is 0 Å². The van der Waals surface area contributed by atoms with E-state index in [-0.39, 0.29) is 32.6 Å². The molecule has 1 heterocycles. The first-order valence-electron chi connectivity index (χ1n) is 11.9. The van der Waals surface area contributed by atoms with Gasteiger partial charge < -0.3 is 10.6 Å². The number of carbonyl (C=O) groups excluding carboxylic acids is 1. The Hall–Kier alpha value is -1.80. The van der Waals surface area contributed by atoms with Gasteiger partial charge >= 0.3 is 0 Å². The average molecular weight is 525 g/mol. The number of nitrogens with one attached hydrogen (secondary N) is 1. The van der Waals surface area contributed by atoms with Gasteiger partial charge in [0.1, 0.15) is 6.04 Å². The van der Waals surface area contributed by atoms with Crippen molar-refractivity contribution < 1.29 is 13.2 Å². The summed E-state index contributed by atoms with van der Waals surface area (Å²) in [6, 6.07) is 11.6. The molecule has 1 saturated heterocycles. The second-order valence-electron chi connectivity index (χ2n) is 9.28. The van der Waals surface area contributed by atoms with E-state index in [4.69, 9.17) is 28.9 Å². The Balaban J connectivity index is 1.60. The van der Waals surface area contributed by atoms with Crippen LogP contribution >= 0.6 is 23.2 Å². The average Bonchev–Trinajstić information content (AvgIpc) is 2.84. The summed E-state index contributed by atoms with van der Waals surface area (Å²) in [6.07, 6.45) is 7.44. The molecule has 3 N–H and O–H groups in total. The van der Waals surface area contributed by atoms with E-state index < -0.39 is 16.1 Å². The van der Waals surface area contributed by atoms with Gasteiger partial charge in [-0.25, -0.2) is 8.42 Å². The van der Waals surface area contributed by atoms with Crippen LogP contribution in [0.3, 0.4) is 0 Å². The first-order valence-corrected chi connectivity index (χ1v) is 14.1. The Morgan fingerprint density at radius 3 is 2.41 bits per heavy atom. The number of likely N-dealkylation sites (tertiary alicyclic amines) is 1. The lowest BCUT2D eigenvalue weighted by Gasteiger charge is -2.45. The molecule has 9 heteroatoms. The summed E-state index contributed by atoms with van der Waals surface area (Å²) >= 11 is 12.2. The third-order valence-electron chi connectivity index (χ3n) is 7.05. The highest BCUT2D eigenvalue weighted by Gasteiger charge is 2.39. The number of hydrogen-bond acceptors (Lipinski definition) is 4. The van der Waals surface area contributed by atoms with Crippen molar-refractivity contribution in [2.24, 2.45) is 5.92 Å². The number of aryl methyl sites for hydroxylation is 1. The van der Waals surface area contributed by atoms with E-state index in [1.807, 2.05) is 35.2 Å². The van der Waals surface area contributed by atoms with E-state index in [1.165, 1.54) is 18.6 Å². The van der Waals surface area contributed by atoms with Crippen molar-refractivity contribution in [2.75, 3.05) is 12.3 Å². The van der Waals surface area contributed by atoms with Crippen molar-refractivity contribution in [3.63, 3.8) is 0 Å². The molecule has 6 nitrogen and oxygen atoms in total. The van der Waals surface area contributed by atoms with E-state index in [0.29, 0.717) is 25.3 Å². The summed E-state index contributed by atoms with van der Waals surface area (Å²) < 4.78 is 29.3. The molecule has 0 spiro atoms. The second-order valence-corrected chi connectivity index (χ2v) is 11.8. The van der Waals surface area contributed by atoms with Crippen LogP contribution < -0.4 is 10.5 Å².